The number of hydrogen-bond donors (Lipinski definition) is 1. The van der Waals surface area contributed by atoms with E-state index in [2.05, 4.69) is 34.1 Å². The van der Waals surface area contributed by atoms with Crippen molar-refractivity contribution in [2.45, 2.75) is 39.2 Å². The van der Waals surface area contributed by atoms with Crippen LogP contribution in [0.1, 0.15) is 32.4 Å². The van der Waals surface area contributed by atoms with Crippen LogP contribution in [0.2, 0.25) is 0 Å². The second-order valence-electron chi connectivity index (χ2n) is 6.13. The first kappa shape index (κ1) is 16.4. The van der Waals surface area contributed by atoms with Gasteiger partial charge in [0.2, 0.25) is 5.91 Å². The number of rotatable bonds is 6. The molecule has 2 aromatic rings. The maximum absolute atomic E-state index is 11.8. The number of likely N-dealkylation sites (tertiary alicyclic amines) is 1. The molecule has 0 aliphatic carbocycles. The van der Waals surface area contributed by atoms with Gasteiger partial charge in [-0.3, -0.25) is 9.78 Å². The van der Waals surface area contributed by atoms with E-state index in [0.717, 1.165) is 36.6 Å². The Bertz CT molecular complexity index is 704. The van der Waals surface area contributed by atoms with Crippen molar-refractivity contribution in [3.8, 4) is 11.5 Å². The number of aromatic nitrogens is 3. The average molecular weight is 325 g/mol. The van der Waals surface area contributed by atoms with Gasteiger partial charge in [0, 0.05) is 43.5 Å². The lowest BCUT2D eigenvalue weighted by molar-refractivity contribution is -0.127. The number of anilines is 1. The highest BCUT2D eigenvalue weighted by Crippen LogP contribution is 2.17. The number of nitrogens with zero attached hydrogens (tertiary/aromatic N) is 4. The van der Waals surface area contributed by atoms with Gasteiger partial charge in [-0.2, -0.15) is 0 Å². The largest absolute Gasteiger partial charge is 0.366 e. The molecule has 1 fully saturated rings. The summed E-state index contributed by atoms with van der Waals surface area (Å²) in [6.45, 7) is 5.69. The van der Waals surface area contributed by atoms with Crippen LogP contribution in [-0.4, -0.2) is 44.9 Å². The van der Waals surface area contributed by atoms with Crippen LogP contribution in [0.5, 0.6) is 0 Å². The van der Waals surface area contributed by atoms with Crippen LogP contribution < -0.4 is 5.32 Å². The summed E-state index contributed by atoms with van der Waals surface area (Å²) in [6, 6.07) is 7.81. The van der Waals surface area contributed by atoms with Crippen molar-refractivity contribution in [3.05, 3.63) is 36.2 Å². The number of pyridine rings is 1. The molecule has 0 radical (unpaired) electrons. The zero-order valence-electron chi connectivity index (χ0n) is 14.2. The standard InChI is InChI=1S/C18H23N5O/c1-3-14-11-16(20-13(2)12-23-10-6-8-17(23)24)22-18(21-14)15-7-4-5-9-19-15/h4-5,7,9,11,13H,3,6,8,10,12H2,1-2H3,(H,20,21,22). The summed E-state index contributed by atoms with van der Waals surface area (Å²) in [5.41, 5.74) is 1.73. The lowest BCUT2D eigenvalue weighted by Crippen LogP contribution is -2.35. The first-order chi connectivity index (χ1) is 11.7. The lowest BCUT2D eigenvalue weighted by Gasteiger charge is -2.22. The highest BCUT2D eigenvalue weighted by Gasteiger charge is 2.22. The van der Waals surface area contributed by atoms with Crippen LogP contribution in [0.25, 0.3) is 11.5 Å². The highest BCUT2D eigenvalue weighted by molar-refractivity contribution is 5.78. The summed E-state index contributed by atoms with van der Waals surface area (Å²) in [4.78, 5) is 27.2. The molecule has 0 bridgehead atoms. The van der Waals surface area contributed by atoms with Crippen molar-refractivity contribution >= 4 is 11.7 Å². The quantitative estimate of drug-likeness (QED) is 0.883. The van der Waals surface area contributed by atoms with E-state index in [0.29, 0.717) is 18.8 Å². The van der Waals surface area contributed by atoms with Crippen LogP contribution in [0.15, 0.2) is 30.5 Å². The molecular weight excluding hydrogens is 302 g/mol. The number of carbonyl (C=O) groups excluding carboxylic acids is 1. The Kier molecular flexibility index (Phi) is 5.03. The minimum Gasteiger partial charge on any atom is -0.366 e. The zero-order chi connectivity index (χ0) is 16.9. The summed E-state index contributed by atoms with van der Waals surface area (Å²) >= 11 is 0. The summed E-state index contributed by atoms with van der Waals surface area (Å²) in [5.74, 6) is 1.65. The van der Waals surface area contributed by atoms with Crippen LogP contribution in [-0.2, 0) is 11.2 Å². The van der Waals surface area contributed by atoms with E-state index < -0.39 is 0 Å². The van der Waals surface area contributed by atoms with Gasteiger partial charge in [0.25, 0.3) is 0 Å². The van der Waals surface area contributed by atoms with E-state index >= 15 is 0 Å². The number of hydrogen-bond acceptors (Lipinski definition) is 5. The molecule has 1 saturated heterocycles. The molecule has 1 amide bonds. The predicted molar refractivity (Wildman–Crippen MR) is 93.5 cm³/mol. The Hall–Kier alpha value is -2.50. The number of aryl methyl sites for hydroxylation is 1. The third kappa shape index (κ3) is 3.88. The average Bonchev–Trinajstić information content (AvgIpc) is 3.00. The second kappa shape index (κ2) is 7.38. The normalized spacial score (nSPS) is 15.6. The van der Waals surface area contributed by atoms with E-state index in [-0.39, 0.29) is 11.9 Å². The van der Waals surface area contributed by atoms with Crippen LogP contribution in [0, 0.1) is 0 Å². The monoisotopic (exact) mass is 325 g/mol. The molecule has 126 valence electrons. The summed E-state index contributed by atoms with van der Waals surface area (Å²) < 4.78 is 0. The van der Waals surface area contributed by atoms with Gasteiger partial charge in [-0.15, -0.1) is 0 Å². The molecule has 0 aromatic carbocycles. The van der Waals surface area contributed by atoms with Crippen molar-refractivity contribution in [2.24, 2.45) is 0 Å². The van der Waals surface area contributed by atoms with Crippen LogP contribution >= 0.6 is 0 Å². The molecular formula is C18H23N5O. The van der Waals surface area contributed by atoms with Crippen LogP contribution in [0.4, 0.5) is 5.82 Å². The molecule has 24 heavy (non-hydrogen) atoms. The Morgan fingerprint density at radius 2 is 2.21 bits per heavy atom. The molecule has 2 aromatic heterocycles. The van der Waals surface area contributed by atoms with Gasteiger partial charge < -0.3 is 10.2 Å². The van der Waals surface area contributed by atoms with Gasteiger partial charge in [0.1, 0.15) is 11.5 Å². The summed E-state index contributed by atoms with van der Waals surface area (Å²) in [7, 11) is 0. The summed E-state index contributed by atoms with van der Waals surface area (Å²) in [6.07, 6.45) is 4.20. The second-order valence-corrected chi connectivity index (χ2v) is 6.13. The molecule has 3 heterocycles. The van der Waals surface area contributed by atoms with Crippen molar-refractivity contribution in [1.82, 2.24) is 19.9 Å². The predicted octanol–water partition coefficient (Wildman–Crippen LogP) is 2.52. The molecule has 1 aliphatic heterocycles. The Morgan fingerprint density at radius 1 is 1.33 bits per heavy atom. The van der Waals surface area contributed by atoms with Gasteiger partial charge in [0.05, 0.1) is 0 Å². The van der Waals surface area contributed by atoms with Crippen molar-refractivity contribution in [2.75, 3.05) is 18.4 Å². The fourth-order valence-electron chi connectivity index (χ4n) is 2.89. The van der Waals surface area contributed by atoms with Crippen molar-refractivity contribution in [3.63, 3.8) is 0 Å². The maximum atomic E-state index is 11.8. The summed E-state index contributed by atoms with van der Waals surface area (Å²) in [5, 5.41) is 3.40. The molecule has 6 nitrogen and oxygen atoms in total. The SMILES string of the molecule is CCc1cc(NC(C)CN2CCCC2=O)nc(-c2ccccn2)n1. The number of nitrogens with one attached hydrogen (secondary N) is 1. The minimum absolute atomic E-state index is 0.128. The maximum Gasteiger partial charge on any atom is 0.222 e. The molecule has 1 atom stereocenters. The molecule has 0 spiro atoms. The number of carbonyl (C=O) groups is 1. The number of amides is 1. The van der Waals surface area contributed by atoms with E-state index in [4.69, 9.17) is 0 Å². The lowest BCUT2D eigenvalue weighted by atomic mass is 10.2. The first-order valence-corrected chi connectivity index (χ1v) is 8.49. The van der Waals surface area contributed by atoms with Gasteiger partial charge in [-0.25, -0.2) is 9.97 Å². The first-order valence-electron chi connectivity index (χ1n) is 8.49. The molecule has 1 unspecified atom stereocenters. The van der Waals surface area contributed by atoms with Gasteiger partial charge in [-0.05, 0) is 31.9 Å². The minimum atomic E-state index is 0.128. The van der Waals surface area contributed by atoms with Crippen molar-refractivity contribution in [1.29, 1.82) is 0 Å². The van der Waals surface area contributed by atoms with E-state index in [9.17, 15) is 4.79 Å². The van der Waals surface area contributed by atoms with E-state index in [1.807, 2.05) is 29.2 Å². The molecule has 3 rings (SSSR count). The van der Waals surface area contributed by atoms with E-state index in [1.54, 1.807) is 6.20 Å². The molecule has 0 saturated carbocycles. The Labute approximate surface area is 142 Å². The smallest absolute Gasteiger partial charge is 0.222 e. The van der Waals surface area contributed by atoms with Gasteiger partial charge in [0.15, 0.2) is 5.82 Å². The Balaban J connectivity index is 1.76. The van der Waals surface area contributed by atoms with Crippen LogP contribution in [0.3, 0.4) is 0 Å². The van der Waals surface area contributed by atoms with Gasteiger partial charge >= 0.3 is 0 Å². The van der Waals surface area contributed by atoms with Gasteiger partial charge in [-0.1, -0.05) is 13.0 Å². The van der Waals surface area contributed by atoms with E-state index in [1.165, 1.54) is 0 Å². The highest BCUT2D eigenvalue weighted by atomic mass is 16.2. The third-order valence-electron chi connectivity index (χ3n) is 4.10. The fourth-order valence-corrected chi connectivity index (χ4v) is 2.89. The fraction of sp³-hybridized carbons (Fsp3) is 0.444. The molecule has 6 heteroatoms. The topological polar surface area (TPSA) is 71.0 Å². The third-order valence-corrected chi connectivity index (χ3v) is 4.10. The Morgan fingerprint density at radius 3 is 2.88 bits per heavy atom. The molecule has 1 N–H and O–H groups in total. The molecule has 1 aliphatic rings. The zero-order valence-corrected chi connectivity index (χ0v) is 14.2. The van der Waals surface area contributed by atoms with Crippen molar-refractivity contribution < 1.29 is 4.79 Å².